The number of hydrogen-bond donors (Lipinski definition) is 6. The number of carbonyl (C=O) groups is 2. The highest BCUT2D eigenvalue weighted by Gasteiger charge is 2.42. The van der Waals surface area contributed by atoms with Crippen molar-refractivity contribution in [2.45, 2.75) is 32.3 Å². The van der Waals surface area contributed by atoms with Crippen LogP contribution >= 0.6 is 7.60 Å². The Balaban J connectivity index is 2.22. The molecule has 1 amide bonds. The monoisotopic (exact) mass is 496 g/mol. The number of carboxylic acids is 1. The predicted molar refractivity (Wildman–Crippen MR) is 122 cm³/mol. The second kappa shape index (κ2) is 11.6. The Bertz CT molecular complexity index is 1080. The molecule has 7 N–H and O–H groups in total. The fraction of sp³-hybridized carbons (Fsp3) is 0.286. The maximum atomic E-state index is 14.8. The fourth-order valence-electron chi connectivity index (χ4n) is 2.96. The van der Waals surface area contributed by atoms with Crippen molar-refractivity contribution >= 4 is 31.3 Å². The lowest BCUT2D eigenvalue weighted by Crippen LogP contribution is -2.39. The molecule has 2 aromatic carbocycles. The highest BCUT2D eigenvalue weighted by Crippen LogP contribution is 2.53. The Labute approximate surface area is 195 Å². The van der Waals surface area contributed by atoms with E-state index in [4.69, 9.17) is 20.4 Å². The van der Waals surface area contributed by atoms with Gasteiger partial charge in [-0.25, -0.2) is 14.0 Å². The van der Waals surface area contributed by atoms with Gasteiger partial charge < -0.3 is 31.1 Å². The normalized spacial score (nSPS) is 14.5. The van der Waals surface area contributed by atoms with Crippen LogP contribution in [0.15, 0.2) is 48.5 Å². The van der Waals surface area contributed by atoms with Crippen LogP contribution < -0.4 is 16.4 Å². The third kappa shape index (κ3) is 7.27. The molecule has 2 rings (SSSR count). The van der Waals surface area contributed by atoms with E-state index in [1.54, 1.807) is 30.3 Å². The zero-order valence-electron chi connectivity index (χ0n) is 18.4. The van der Waals surface area contributed by atoms with Crippen molar-refractivity contribution < 1.29 is 37.8 Å². The molecule has 0 aliphatic heterocycles. The Morgan fingerprint density at radius 3 is 2.38 bits per heavy atom. The van der Waals surface area contributed by atoms with Crippen molar-refractivity contribution in [3.8, 4) is 0 Å². The number of hydrogen-bond acceptors (Lipinski definition) is 6. The number of carbonyl (C=O) groups excluding carboxylic acids is 1. The molecule has 0 bridgehead atoms. The van der Waals surface area contributed by atoms with Gasteiger partial charge in [0, 0.05) is 5.56 Å². The van der Waals surface area contributed by atoms with Crippen LogP contribution in [0, 0.1) is 17.1 Å². The minimum absolute atomic E-state index is 0.104. The van der Waals surface area contributed by atoms with Gasteiger partial charge in [-0.3, -0.25) is 14.5 Å². The molecule has 11 nitrogen and oxygen atoms in total. The molecule has 0 aliphatic rings. The first kappa shape index (κ1) is 26.8. The number of amides is 1. The molecule has 0 radical (unpaired) electrons. The molecule has 34 heavy (non-hydrogen) atoms. The lowest BCUT2D eigenvalue weighted by molar-refractivity contribution is -0.146. The maximum absolute atomic E-state index is 14.8. The molecule has 3 unspecified atom stereocenters. The molecule has 2 aromatic rings. The van der Waals surface area contributed by atoms with Gasteiger partial charge in [0.05, 0.1) is 5.69 Å². The summed E-state index contributed by atoms with van der Waals surface area (Å²) in [7, 11) is -4.89. The summed E-state index contributed by atoms with van der Waals surface area (Å²) in [6.07, 6.45) is -3.22. The first-order valence-corrected chi connectivity index (χ1v) is 11.7. The molecule has 0 aromatic heterocycles. The third-order valence-electron chi connectivity index (χ3n) is 4.52. The van der Waals surface area contributed by atoms with Crippen LogP contribution in [0.2, 0.25) is 0 Å². The molecule has 0 aliphatic carbocycles. The van der Waals surface area contributed by atoms with E-state index in [0.717, 1.165) is 6.07 Å². The van der Waals surface area contributed by atoms with Crippen LogP contribution in [0.25, 0.3) is 0 Å². The summed E-state index contributed by atoms with van der Waals surface area (Å²) < 4.78 is 37.9. The number of nitrogens with two attached hydrogens (primary N) is 1. The summed E-state index contributed by atoms with van der Waals surface area (Å²) in [6.45, 7) is 2.90. The summed E-state index contributed by atoms with van der Waals surface area (Å²) in [4.78, 5) is 34.6. The van der Waals surface area contributed by atoms with Crippen LogP contribution in [0.4, 0.5) is 14.9 Å². The van der Waals surface area contributed by atoms with Gasteiger partial charge in [0.25, 0.3) is 0 Å². The van der Waals surface area contributed by atoms with E-state index in [2.05, 4.69) is 10.6 Å². The first-order chi connectivity index (χ1) is 15.9. The smallest absolute Gasteiger partial charge is 0.408 e. The largest absolute Gasteiger partial charge is 0.479 e. The van der Waals surface area contributed by atoms with Crippen LogP contribution in [0.1, 0.15) is 31.1 Å². The van der Waals surface area contributed by atoms with E-state index in [-0.39, 0.29) is 12.3 Å². The van der Waals surface area contributed by atoms with Gasteiger partial charge in [0.2, 0.25) is 0 Å². The van der Waals surface area contributed by atoms with Gasteiger partial charge in [-0.2, -0.15) is 0 Å². The standard InChI is InChI=1S/C21H26FN4O7P/c1-12(2)18(26-21(29)32-11-13-7-4-3-5-8-13)34(30,31)33-17(19(27)28)14-9-6-10-15(16(14)22)25-20(23)24/h3-10,12,17-18H,11H2,1-2H3,(H,26,29)(H,27,28)(H,30,31)(H4,23,24,25). The molecule has 0 saturated heterocycles. The van der Waals surface area contributed by atoms with Gasteiger partial charge in [0.15, 0.2) is 17.9 Å². The summed E-state index contributed by atoms with van der Waals surface area (Å²) >= 11 is 0. The molecule has 0 heterocycles. The van der Waals surface area contributed by atoms with Crippen LogP contribution in [-0.2, 0) is 25.2 Å². The molecule has 0 saturated carbocycles. The summed E-state index contributed by atoms with van der Waals surface area (Å²) in [5.74, 6) is -5.73. The summed E-state index contributed by atoms with van der Waals surface area (Å²) in [5.41, 5.74) is 4.96. The van der Waals surface area contributed by atoms with Gasteiger partial charge in [-0.1, -0.05) is 56.3 Å². The number of guanidine groups is 1. The van der Waals surface area contributed by atoms with Crippen molar-refractivity contribution in [1.82, 2.24) is 5.32 Å². The molecular formula is C21H26FN4O7P. The molecule has 3 atom stereocenters. The lowest BCUT2D eigenvalue weighted by Gasteiger charge is -2.28. The summed E-state index contributed by atoms with van der Waals surface area (Å²) in [6, 6.07) is 12.2. The Morgan fingerprint density at radius 1 is 1.18 bits per heavy atom. The number of benzene rings is 2. The minimum Gasteiger partial charge on any atom is -0.479 e. The first-order valence-electron chi connectivity index (χ1n) is 10.0. The zero-order chi connectivity index (χ0) is 25.5. The minimum atomic E-state index is -4.89. The number of anilines is 1. The van der Waals surface area contributed by atoms with E-state index < -0.39 is 54.8 Å². The van der Waals surface area contributed by atoms with Crippen molar-refractivity contribution in [3.63, 3.8) is 0 Å². The van der Waals surface area contributed by atoms with E-state index >= 15 is 0 Å². The van der Waals surface area contributed by atoms with E-state index in [1.165, 1.54) is 26.0 Å². The second-order valence-electron chi connectivity index (χ2n) is 7.53. The average molecular weight is 496 g/mol. The lowest BCUT2D eigenvalue weighted by atomic mass is 10.1. The van der Waals surface area contributed by atoms with Crippen LogP contribution in [0.5, 0.6) is 0 Å². The fourth-order valence-corrected chi connectivity index (χ4v) is 4.61. The summed E-state index contributed by atoms with van der Waals surface area (Å²) in [5, 5.41) is 21.2. The number of halogens is 1. The van der Waals surface area contributed by atoms with Gasteiger partial charge in [-0.15, -0.1) is 0 Å². The number of ether oxygens (including phenoxy) is 1. The number of nitrogens with one attached hydrogen (secondary N) is 3. The van der Waals surface area contributed by atoms with Crippen molar-refractivity contribution in [2.75, 3.05) is 5.32 Å². The third-order valence-corrected chi connectivity index (χ3v) is 6.46. The number of rotatable bonds is 10. The molecular weight excluding hydrogens is 470 g/mol. The Morgan fingerprint density at radius 2 is 1.82 bits per heavy atom. The van der Waals surface area contributed by atoms with Gasteiger partial charge >= 0.3 is 19.7 Å². The Kier molecular flexibility index (Phi) is 9.13. The van der Waals surface area contributed by atoms with Crippen LogP contribution in [-0.4, -0.2) is 33.8 Å². The molecule has 0 fully saturated rings. The molecule has 13 heteroatoms. The maximum Gasteiger partial charge on any atom is 0.408 e. The average Bonchev–Trinajstić information content (AvgIpc) is 2.76. The molecule has 184 valence electrons. The van der Waals surface area contributed by atoms with Crippen molar-refractivity contribution in [3.05, 3.63) is 65.5 Å². The topological polar surface area (TPSA) is 184 Å². The van der Waals surface area contributed by atoms with E-state index in [9.17, 15) is 28.5 Å². The molecule has 0 spiro atoms. The SMILES string of the molecule is CC(C)C(NC(=O)OCc1ccccc1)P(=O)(O)OC(C(=O)O)c1cccc(NC(=N)N)c1F. The Hall–Kier alpha value is -3.47. The zero-order valence-corrected chi connectivity index (χ0v) is 19.3. The predicted octanol–water partition coefficient (Wildman–Crippen LogP) is 3.37. The van der Waals surface area contributed by atoms with Crippen molar-refractivity contribution in [2.24, 2.45) is 11.7 Å². The highest BCUT2D eigenvalue weighted by atomic mass is 31.2. The van der Waals surface area contributed by atoms with E-state index in [1.807, 2.05) is 0 Å². The van der Waals surface area contributed by atoms with E-state index in [0.29, 0.717) is 5.56 Å². The highest BCUT2D eigenvalue weighted by molar-refractivity contribution is 7.53. The number of alkyl carbamates (subject to hydrolysis) is 1. The van der Waals surface area contributed by atoms with Crippen molar-refractivity contribution in [1.29, 1.82) is 5.41 Å². The quantitative estimate of drug-likeness (QED) is 0.163. The van der Waals surface area contributed by atoms with Gasteiger partial charge in [0.1, 0.15) is 12.4 Å². The second-order valence-corrected chi connectivity index (χ2v) is 9.43. The van der Waals surface area contributed by atoms with Gasteiger partial charge in [-0.05, 0) is 17.5 Å². The number of aliphatic carboxylic acids is 1. The number of carboxylic acid groups (broad SMARTS) is 1. The van der Waals surface area contributed by atoms with Crippen LogP contribution in [0.3, 0.4) is 0 Å².